The van der Waals surface area contributed by atoms with Crippen LogP contribution in [0, 0.1) is 11.3 Å². The first-order chi connectivity index (χ1) is 6.24. The van der Waals surface area contributed by atoms with Crippen molar-refractivity contribution < 1.29 is 0 Å². The van der Waals surface area contributed by atoms with Gasteiger partial charge in [-0.05, 0) is 22.0 Å². The lowest BCUT2D eigenvalue weighted by Crippen LogP contribution is -1.81. The van der Waals surface area contributed by atoms with Gasteiger partial charge in [0.25, 0.3) is 0 Å². The van der Waals surface area contributed by atoms with Crippen LogP contribution in [0.3, 0.4) is 0 Å². The quantitative estimate of drug-likeness (QED) is 0.784. The van der Waals surface area contributed by atoms with Crippen molar-refractivity contribution in [3.8, 4) is 6.07 Å². The number of anilines is 1. The summed E-state index contributed by atoms with van der Waals surface area (Å²) in [6.45, 7) is 0. The molecule has 4 heteroatoms. The van der Waals surface area contributed by atoms with Gasteiger partial charge in [-0.3, -0.25) is 0 Å². The highest BCUT2D eigenvalue weighted by molar-refractivity contribution is 9.10. The summed E-state index contributed by atoms with van der Waals surface area (Å²) in [5, 5.41) is 11.7. The first-order valence-electron chi connectivity index (χ1n) is 3.59. The standard InChI is InChI=1S/C9H5BrN2S/c10-8-5(3-11)1-2-6-7(12)4-13-9(6)8/h1-2,4H,12H2. The van der Waals surface area contributed by atoms with E-state index in [2.05, 4.69) is 22.0 Å². The Hall–Kier alpha value is -1.05. The normalized spacial score (nSPS) is 10.2. The van der Waals surface area contributed by atoms with Gasteiger partial charge in [0.2, 0.25) is 0 Å². The molecule has 0 saturated heterocycles. The van der Waals surface area contributed by atoms with Gasteiger partial charge in [-0.2, -0.15) is 5.26 Å². The van der Waals surface area contributed by atoms with E-state index in [0.29, 0.717) is 5.56 Å². The molecular formula is C9H5BrN2S. The van der Waals surface area contributed by atoms with Crippen LogP contribution in [0.2, 0.25) is 0 Å². The zero-order valence-electron chi connectivity index (χ0n) is 6.54. The molecule has 0 radical (unpaired) electrons. The minimum Gasteiger partial charge on any atom is -0.398 e. The molecule has 13 heavy (non-hydrogen) atoms. The third-order valence-corrected chi connectivity index (χ3v) is 3.95. The number of nitriles is 1. The molecule has 0 aliphatic rings. The van der Waals surface area contributed by atoms with Gasteiger partial charge in [0, 0.05) is 10.8 Å². The number of rotatable bonds is 0. The second-order valence-corrected chi connectivity index (χ2v) is 4.28. The van der Waals surface area contributed by atoms with Crippen molar-refractivity contribution in [3.63, 3.8) is 0 Å². The monoisotopic (exact) mass is 252 g/mol. The highest BCUT2D eigenvalue weighted by Crippen LogP contribution is 2.35. The first-order valence-corrected chi connectivity index (χ1v) is 5.26. The third-order valence-electron chi connectivity index (χ3n) is 1.83. The van der Waals surface area contributed by atoms with Crippen LogP contribution in [0.15, 0.2) is 22.0 Å². The maximum atomic E-state index is 8.78. The Kier molecular flexibility index (Phi) is 1.98. The Morgan fingerprint density at radius 2 is 2.23 bits per heavy atom. The maximum absolute atomic E-state index is 8.78. The van der Waals surface area contributed by atoms with E-state index in [4.69, 9.17) is 11.0 Å². The van der Waals surface area contributed by atoms with Gasteiger partial charge >= 0.3 is 0 Å². The molecule has 0 bridgehead atoms. The second-order valence-electron chi connectivity index (χ2n) is 2.61. The number of hydrogen-bond acceptors (Lipinski definition) is 3. The number of nitrogens with two attached hydrogens (primary N) is 1. The number of benzene rings is 1. The van der Waals surface area contributed by atoms with Crippen molar-refractivity contribution in [2.45, 2.75) is 0 Å². The lowest BCUT2D eigenvalue weighted by molar-refractivity contribution is 1.49. The van der Waals surface area contributed by atoms with Crippen LogP contribution >= 0.6 is 27.3 Å². The Bertz CT molecular complexity index is 510. The van der Waals surface area contributed by atoms with E-state index in [-0.39, 0.29) is 0 Å². The summed E-state index contributed by atoms with van der Waals surface area (Å²) in [5.41, 5.74) is 7.16. The van der Waals surface area contributed by atoms with E-state index in [1.807, 2.05) is 11.4 Å². The van der Waals surface area contributed by atoms with Crippen molar-refractivity contribution in [1.82, 2.24) is 0 Å². The predicted molar refractivity (Wildman–Crippen MR) is 58.7 cm³/mol. The van der Waals surface area contributed by atoms with Crippen molar-refractivity contribution in [1.29, 1.82) is 5.26 Å². The van der Waals surface area contributed by atoms with E-state index in [9.17, 15) is 0 Å². The molecular weight excluding hydrogens is 248 g/mol. The fourth-order valence-corrected chi connectivity index (χ4v) is 2.78. The largest absolute Gasteiger partial charge is 0.398 e. The van der Waals surface area contributed by atoms with Crippen LogP contribution in [-0.2, 0) is 0 Å². The number of nitrogens with zero attached hydrogens (tertiary/aromatic N) is 1. The number of fused-ring (bicyclic) bond motifs is 1. The summed E-state index contributed by atoms with van der Waals surface area (Å²) in [4.78, 5) is 0. The third kappa shape index (κ3) is 1.21. The molecule has 1 aromatic heterocycles. The van der Waals surface area contributed by atoms with E-state index in [1.54, 1.807) is 17.4 Å². The van der Waals surface area contributed by atoms with Gasteiger partial charge in [0.05, 0.1) is 20.4 Å². The molecule has 2 nitrogen and oxygen atoms in total. The molecule has 2 N–H and O–H groups in total. The fourth-order valence-electron chi connectivity index (χ4n) is 1.17. The molecule has 1 aromatic carbocycles. The summed E-state index contributed by atoms with van der Waals surface area (Å²) in [6, 6.07) is 5.77. The number of halogens is 1. The zero-order chi connectivity index (χ0) is 9.42. The van der Waals surface area contributed by atoms with Crippen LogP contribution < -0.4 is 5.73 Å². The summed E-state index contributed by atoms with van der Waals surface area (Å²) in [7, 11) is 0. The van der Waals surface area contributed by atoms with E-state index in [0.717, 1.165) is 20.2 Å². The van der Waals surface area contributed by atoms with Crippen LogP contribution in [0.1, 0.15) is 5.56 Å². The molecule has 0 fully saturated rings. The van der Waals surface area contributed by atoms with E-state index in [1.165, 1.54) is 0 Å². The first kappa shape index (κ1) is 8.54. The average molecular weight is 253 g/mol. The SMILES string of the molecule is N#Cc1ccc2c(N)csc2c1Br. The molecule has 64 valence electrons. The van der Waals surface area contributed by atoms with Crippen molar-refractivity contribution in [2.75, 3.05) is 5.73 Å². The summed E-state index contributed by atoms with van der Waals surface area (Å²) >= 11 is 4.93. The Morgan fingerprint density at radius 3 is 2.92 bits per heavy atom. The summed E-state index contributed by atoms with van der Waals surface area (Å²) < 4.78 is 1.88. The molecule has 0 aliphatic heterocycles. The molecule has 1 heterocycles. The fraction of sp³-hybridized carbons (Fsp3) is 0. The van der Waals surface area contributed by atoms with Crippen LogP contribution in [0.5, 0.6) is 0 Å². The molecule has 2 aromatic rings. The van der Waals surface area contributed by atoms with Crippen molar-refractivity contribution >= 4 is 43.0 Å². The van der Waals surface area contributed by atoms with Gasteiger partial charge < -0.3 is 5.73 Å². The second kappa shape index (κ2) is 3.02. The van der Waals surface area contributed by atoms with Gasteiger partial charge in [0.15, 0.2) is 0 Å². The molecule has 0 aliphatic carbocycles. The van der Waals surface area contributed by atoms with Gasteiger partial charge in [-0.15, -0.1) is 11.3 Å². The molecule has 0 amide bonds. The van der Waals surface area contributed by atoms with Crippen molar-refractivity contribution in [2.24, 2.45) is 0 Å². The van der Waals surface area contributed by atoms with Gasteiger partial charge in [-0.25, -0.2) is 0 Å². The Labute approximate surface area is 87.7 Å². The number of thiophene rings is 1. The molecule has 0 spiro atoms. The highest BCUT2D eigenvalue weighted by Gasteiger charge is 2.07. The van der Waals surface area contributed by atoms with Crippen molar-refractivity contribution in [3.05, 3.63) is 27.5 Å². The number of nitrogen functional groups attached to an aromatic ring is 1. The Balaban J connectivity index is 2.90. The molecule has 0 unspecified atom stereocenters. The Morgan fingerprint density at radius 1 is 1.46 bits per heavy atom. The minimum absolute atomic E-state index is 0.648. The van der Waals surface area contributed by atoms with Crippen LogP contribution in [-0.4, -0.2) is 0 Å². The van der Waals surface area contributed by atoms with Gasteiger partial charge in [0.1, 0.15) is 6.07 Å². The minimum atomic E-state index is 0.648. The predicted octanol–water partition coefficient (Wildman–Crippen LogP) is 3.12. The topological polar surface area (TPSA) is 49.8 Å². The zero-order valence-corrected chi connectivity index (χ0v) is 8.95. The lowest BCUT2D eigenvalue weighted by atomic mass is 10.2. The highest BCUT2D eigenvalue weighted by atomic mass is 79.9. The van der Waals surface area contributed by atoms with Crippen LogP contribution in [0.25, 0.3) is 10.1 Å². The smallest absolute Gasteiger partial charge is 0.100 e. The summed E-state index contributed by atoms with van der Waals surface area (Å²) in [5.74, 6) is 0. The van der Waals surface area contributed by atoms with Crippen LogP contribution in [0.4, 0.5) is 5.69 Å². The average Bonchev–Trinajstić information content (AvgIpc) is 2.50. The maximum Gasteiger partial charge on any atom is 0.100 e. The molecule has 0 saturated carbocycles. The molecule has 0 atom stereocenters. The summed E-state index contributed by atoms with van der Waals surface area (Å²) in [6.07, 6.45) is 0. The molecule has 2 rings (SSSR count). The lowest BCUT2D eigenvalue weighted by Gasteiger charge is -1.96. The number of hydrogen-bond donors (Lipinski definition) is 1. The van der Waals surface area contributed by atoms with E-state index >= 15 is 0 Å². The van der Waals surface area contributed by atoms with Gasteiger partial charge in [-0.1, -0.05) is 6.07 Å². The van der Waals surface area contributed by atoms with E-state index < -0.39 is 0 Å².